The van der Waals surface area contributed by atoms with Gasteiger partial charge in [0.25, 0.3) is 5.91 Å². The maximum atomic E-state index is 12.9. The van der Waals surface area contributed by atoms with Crippen LogP contribution in [0.2, 0.25) is 0 Å². The first-order valence-corrected chi connectivity index (χ1v) is 10.1. The molecule has 5 heteroatoms. The Morgan fingerprint density at radius 2 is 2.16 bits per heavy atom. The number of thiophene rings is 1. The summed E-state index contributed by atoms with van der Waals surface area (Å²) in [5.41, 5.74) is 3.61. The van der Waals surface area contributed by atoms with Gasteiger partial charge in [-0.2, -0.15) is 0 Å². The number of carbonyl (C=O) groups excluding carboxylic acids is 1. The van der Waals surface area contributed by atoms with Gasteiger partial charge in [-0.1, -0.05) is 6.07 Å². The van der Waals surface area contributed by atoms with E-state index in [1.807, 2.05) is 18.2 Å². The van der Waals surface area contributed by atoms with E-state index in [1.54, 1.807) is 17.5 Å². The zero-order valence-electron chi connectivity index (χ0n) is 14.3. The molecule has 132 valence electrons. The number of fused-ring (bicyclic) bond motifs is 1. The van der Waals surface area contributed by atoms with Crippen molar-refractivity contribution in [3.63, 3.8) is 0 Å². The van der Waals surface area contributed by atoms with Crippen molar-refractivity contribution < 1.29 is 9.90 Å². The Hall–Kier alpha value is -1.72. The molecule has 1 fully saturated rings. The zero-order valence-corrected chi connectivity index (χ0v) is 15.1. The third kappa shape index (κ3) is 3.62. The Labute approximate surface area is 152 Å². The molecule has 2 aliphatic rings. The highest BCUT2D eigenvalue weighted by atomic mass is 32.1. The maximum absolute atomic E-state index is 12.9. The topological polar surface area (TPSA) is 62.2 Å². The Bertz CT molecular complexity index is 737. The molecule has 0 aliphatic heterocycles. The lowest BCUT2D eigenvalue weighted by Gasteiger charge is -2.38. The largest absolute Gasteiger partial charge is 0.393 e. The summed E-state index contributed by atoms with van der Waals surface area (Å²) >= 11 is 1.58. The molecule has 0 spiro atoms. The molecule has 0 bridgehead atoms. The van der Waals surface area contributed by atoms with Gasteiger partial charge in [0.05, 0.1) is 11.0 Å². The predicted molar refractivity (Wildman–Crippen MR) is 98.9 cm³/mol. The van der Waals surface area contributed by atoms with Crippen molar-refractivity contribution in [3.8, 4) is 0 Å². The van der Waals surface area contributed by atoms with Gasteiger partial charge >= 0.3 is 0 Å². The zero-order chi connectivity index (χ0) is 17.2. The van der Waals surface area contributed by atoms with Gasteiger partial charge in [0, 0.05) is 24.4 Å². The monoisotopic (exact) mass is 356 g/mol. The van der Waals surface area contributed by atoms with Gasteiger partial charge in [-0.25, -0.2) is 0 Å². The Kier molecular flexibility index (Phi) is 4.86. The van der Waals surface area contributed by atoms with Crippen LogP contribution in [0.15, 0.2) is 29.8 Å². The van der Waals surface area contributed by atoms with Gasteiger partial charge in [-0.05, 0) is 73.1 Å². The normalized spacial score (nSPS) is 23.4. The van der Waals surface area contributed by atoms with Crippen molar-refractivity contribution in [1.82, 2.24) is 10.3 Å². The molecule has 2 aromatic heterocycles. The van der Waals surface area contributed by atoms with Crippen LogP contribution >= 0.6 is 11.3 Å². The second kappa shape index (κ2) is 7.26. The second-order valence-corrected chi connectivity index (χ2v) is 8.15. The summed E-state index contributed by atoms with van der Waals surface area (Å²) in [4.78, 5) is 18.2. The molecule has 0 aromatic carbocycles. The Balaban J connectivity index is 1.50. The summed E-state index contributed by atoms with van der Waals surface area (Å²) < 4.78 is 0. The number of pyridine rings is 1. The smallest absolute Gasteiger partial charge is 0.261 e. The molecule has 1 saturated carbocycles. The van der Waals surface area contributed by atoms with Crippen LogP contribution in [0.3, 0.4) is 0 Å². The van der Waals surface area contributed by atoms with E-state index >= 15 is 0 Å². The molecule has 2 N–H and O–H groups in total. The highest BCUT2D eigenvalue weighted by molar-refractivity contribution is 7.12. The molecule has 4 nitrogen and oxygen atoms in total. The van der Waals surface area contributed by atoms with E-state index in [1.165, 1.54) is 24.0 Å². The highest BCUT2D eigenvalue weighted by Crippen LogP contribution is 2.33. The average molecular weight is 356 g/mol. The van der Waals surface area contributed by atoms with Crippen LogP contribution in [0.5, 0.6) is 0 Å². The molecular weight excluding hydrogens is 332 g/mol. The van der Waals surface area contributed by atoms with E-state index < -0.39 is 0 Å². The van der Waals surface area contributed by atoms with Gasteiger partial charge < -0.3 is 10.4 Å². The Morgan fingerprint density at radius 1 is 1.32 bits per heavy atom. The number of nitrogens with one attached hydrogen (secondary N) is 1. The molecule has 1 atom stereocenters. The van der Waals surface area contributed by atoms with Crippen LogP contribution in [0, 0.1) is 5.92 Å². The minimum Gasteiger partial charge on any atom is -0.393 e. The molecule has 1 amide bonds. The van der Waals surface area contributed by atoms with Gasteiger partial charge in [0.15, 0.2) is 0 Å². The third-order valence-electron chi connectivity index (χ3n) is 5.50. The lowest BCUT2D eigenvalue weighted by molar-refractivity contribution is 0.0238. The van der Waals surface area contributed by atoms with Crippen LogP contribution in [0.4, 0.5) is 0 Å². The van der Waals surface area contributed by atoms with Crippen LogP contribution in [0.25, 0.3) is 0 Å². The van der Waals surface area contributed by atoms with Crippen molar-refractivity contribution in [1.29, 1.82) is 0 Å². The molecule has 25 heavy (non-hydrogen) atoms. The lowest BCUT2D eigenvalue weighted by Crippen LogP contribution is -2.48. The fourth-order valence-corrected chi connectivity index (χ4v) is 5.04. The van der Waals surface area contributed by atoms with Gasteiger partial charge in [0.1, 0.15) is 0 Å². The molecular formula is C20H24N2O2S. The molecule has 2 aromatic rings. The quantitative estimate of drug-likeness (QED) is 0.865. The number of hydrogen-bond acceptors (Lipinski definition) is 4. The first-order chi connectivity index (χ1) is 12.2. The predicted octanol–water partition coefficient (Wildman–Crippen LogP) is 3.13. The number of rotatable bonds is 5. The molecule has 0 saturated heterocycles. The summed E-state index contributed by atoms with van der Waals surface area (Å²) in [6.45, 7) is 0. The number of carbonyl (C=O) groups is 1. The summed E-state index contributed by atoms with van der Waals surface area (Å²) in [6, 6.07) is 5.92. The number of aryl methyl sites for hydroxylation is 1. The third-order valence-corrected chi connectivity index (χ3v) is 6.57. The van der Waals surface area contributed by atoms with Crippen LogP contribution in [0.1, 0.15) is 52.2 Å². The first kappa shape index (κ1) is 16.7. The second-order valence-electron chi connectivity index (χ2n) is 7.27. The van der Waals surface area contributed by atoms with E-state index in [4.69, 9.17) is 0 Å². The van der Waals surface area contributed by atoms with E-state index in [-0.39, 0.29) is 18.1 Å². The number of nitrogens with zero attached hydrogens (tertiary/aromatic N) is 1. The van der Waals surface area contributed by atoms with Crippen LogP contribution < -0.4 is 5.32 Å². The maximum Gasteiger partial charge on any atom is 0.261 e. The standard InChI is InChI=1S/C20H24N2O2S/c23-16-9-14(10-16)18(11-15-6-3-4-8-21-15)22-20(24)19-17-7-2-1-5-13(17)12-25-19/h3-4,6,8,12,14,16,18,23H,1-2,5,7,9-11H2,(H,22,24)/t14?,16?,18-/m0/s1. The van der Waals surface area contributed by atoms with E-state index in [0.717, 1.165) is 42.7 Å². The van der Waals surface area contributed by atoms with Crippen molar-refractivity contribution in [2.24, 2.45) is 5.92 Å². The van der Waals surface area contributed by atoms with Crippen molar-refractivity contribution >= 4 is 17.2 Å². The molecule has 0 radical (unpaired) electrons. The van der Waals surface area contributed by atoms with Gasteiger partial charge in [-0.15, -0.1) is 11.3 Å². The number of aliphatic hydroxyl groups excluding tert-OH is 1. The minimum atomic E-state index is -0.220. The SMILES string of the molecule is O=C(N[C@@H](Cc1ccccn1)C1CC(O)C1)c1scc2c1CCCC2. The highest BCUT2D eigenvalue weighted by Gasteiger charge is 2.35. The van der Waals surface area contributed by atoms with Crippen LogP contribution in [-0.2, 0) is 19.3 Å². The molecule has 2 aliphatic carbocycles. The fraction of sp³-hybridized carbons (Fsp3) is 0.500. The first-order valence-electron chi connectivity index (χ1n) is 9.19. The van der Waals surface area contributed by atoms with E-state index in [0.29, 0.717) is 5.92 Å². The number of amides is 1. The lowest BCUT2D eigenvalue weighted by atomic mass is 9.76. The van der Waals surface area contributed by atoms with Crippen molar-refractivity contribution in [3.05, 3.63) is 51.5 Å². The average Bonchev–Trinajstić information content (AvgIpc) is 3.03. The molecule has 4 rings (SSSR count). The Morgan fingerprint density at radius 3 is 2.92 bits per heavy atom. The number of aromatic nitrogens is 1. The summed E-state index contributed by atoms with van der Waals surface area (Å²) in [5, 5.41) is 15.1. The summed E-state index contributed by atoms with van der Waals surface area (Å²) in [5.74, 6) is 0.382. The molecule has 0 unspecified atom stereocenters. The number of aliphatic hydroxyl groups is 1. The van der Waals surface area contributed by atoms with Crippen molar-refractivity contribution in [2.75, 3.05) is 0 Å². The fourth-order valence-electron chi connectivity index (χ4n) is 3.98. The van der Waals surface area contributed by atoms with E-state index in [2.05, 4.69) is 15.7 Å². The van der Waals surface area contributed by atoms with E-state index in [9.17, 15) is 9.90 Å². The van der Waals surface area contributed by atoms with Gasteiger partial charge in [0.2, 0.25) is 0 Å². The summed E-state index contributed by atoms with van der Waals surface area (Å²) in [6.07, 6.45) is 8.35. The van der Waals surface area contributed by atoms with Crippen molar-refractivity contribution in [2.45, 2.75) is 57.1 Å². The molecule has 2 heterocycles. The summed E-state index contributed by atoms with van der Waals surface area (Å²) in [7, 11) is 0. The minimum absolute atomic E-state index is 0.0344. The van der Waals surface area contributed by atoms with Gasteiger partial charge in [-0.3, -0.25) is 9.78 Å². The van der Waals surface area contributed by atoms with Crippen LogP contribution in [-0.4, -0.2) is 28.1 Å². The number of hydrogen-bond donors (Lipinski definition) is 2.